The molecule has 0 saturated carbocycles. The molecule has 0 aromatic heterocycles. The van der Waals surface area contributed by atoms with Crippen molar-refractivity contribution in [3.8, 4) is 5.75 Å². The molecule has 1 aliphatic rings. The number of nitrogens with one attached hydrogen (secondary N) is 1. The Labute approximate surface area is 176 Å². The van der Waals surface area contributed by atoms with Gasteiger partial charge < -0.3 is 10.1 Å². The van der Waals surface area contributed by atoms with Gasteiger partial charge in [0.05, 0.1) is 5.41 Å². The quantitative estimate of drug-likeness (QED) is 0.567. The first-order chi connectivity index (χ1) is 14.7. The van der Waals surface area contributed by atoms with Crippen LogP contribution in [0.3, 0.4) is 0 Å². The number of ketones is 1. The lowest BCUT2D eigenvalue weighted by Crippen LogP contribution is -2.33. The van der Waals surface area contributed by atoms with Crippen LogP contribution < -0.4 is 10.1 Å². The highest BCUT2D eigenvalue weighted by Crippen LogP contribution is 2.42. The van der Waals surface area contributed by atoms with Crippen LogP contribution in [0.2, 0.25) is 0 Å². The predicted molar refractivity (Wildman–Crippen MR) is 109 cm³/mol. The summed E-state index contributed by atoms with van der Waals surface area (Å²) in [5.41, 5.74) is 1.67. The number of halogens is 3. The van der Waals surface area contributed by atoms with E-state index in [0.717, 1.165) is 5.56 Å². The Morgan fingerprint density at radius 1 is 0.968 bits per heavy atom. The summed E-state index contributed by atoms with van der Waals surface area (Å²) >= 11 is 0. The standard InChI is InChI=1S/C24H18F3NO3/c1-23(19-13-18(31-24(25,26)27)11-12-20(19)28-22(23)30)14-15-7-9-17(10-8-15)21(29)16-5-3-2-4-6-16/h2-13H,14H2,1H3,(H,28,30). The van der Waals surface area contributed by atoms with Gasteiger partial charge in [0, 0.05) is 16.8 Å². The zero-order chi connectivity index (χ0) is 22.2. The second-order valence-corrected chi connectivity index (χ2v) is 7.61. The van der Waals surface area contributed by atoms with Crippen LogP contribution in [-0.2, 0) is 16.6 Å². The van der Waals surface area contributed by atoms with Gasteiger partial charge in [-0.1, -0.05) is 54.6 Å². The normalized spacial score (nSPS) is 17.7. The molecule has 4 nitrogen and oxygen atoms in total. The molecule has 0 saturated heterocycles. The molecule has 31 heavy (non-hydrogen) atoms. The average molecular weight is 425 g/mol. The number of rotatable bonds is 5. The minimum atomic E-state index is -4.82. The first-order valence-corrected chi connectivity index (χ1v) is 9.56. The molecule has 1 N–H and O–H groups in total. The fourth-order valence-corrected chi connectivity index (χ4v) is 3.78. The topological polar surface area (TPSA) is 55.4 Å². The van der Waals surface area contributed by atoms with E-state index < -0.39 is 11.8 Å². The maximum absolute atomic E-state index is 12.7. The van der Waals surface area contributed by atoms with E-state index in [1.54, 1.807) is 55.5 Å². The van der Waals surface area contributed by atoms with Crippen molar-refractivity contribution < 1.29 is 27.5 Å². The van der Waals surface area contributed by atoms with E-state index in [2.05, 4.69) is 10.1 Å². The monoisotopic (exact) mass is 425 g/mol. The SMILES string of the molecule is CC1(Cc2ccc(C(=O)c3ccccc3)cc2)C(=O)Nc2ccc(OC(F)(F)F)cc21. The predicted octanol–water partition coefficient (Wildman–Crippen LogP) is 5.27. The third-order valence-corrected chi connectivity index (χ3v) is 5.38. The fourth-order valence-electron chi connectivity index (χ4n) is 3.78. The van der Waals surface area contributed by atoms with Crippen molar-refractivity contribution in [2.75, 3.05) is 5.32 Å². The lowest BCUT2D eigenvalue weighted by molar-refractivity contribution is -0.274. The van der Waals surface area contributed by atoms with E-state index >= 15 is 0 Å². The lowest BCUT2D eigenvalue weighted by atomic mass is 9.78. The number of alkyl halides is 3. The molecule has 1 atom stereocenters. The number of carbonyl (C=O) groups is 2. The third kappa shape index (κ3) is 4.17. The van der Waals surface area contributed by atoms with Crippen molar-refractivity contribution in [3.63, 3.8) is 0 Å². The number of benzene rings is 3. The van der Waals surface area contributed by atoms with Crippen LogP contribution in [-0.4, -0.2) is 18.1 Å². The summed E-state index contributed by atoms with van der Waals surface area (Å²) in [5.74, 6) is -0.801. The van der Waals surface area contributed by atoms with Crippen LogP contribution in [0.1, 0.15) is 34.0 Å². The Kier molecular flexibility index (Phi) is 5.05. The summed E-state index contributed by atoms with van der Waals surface area (Å²) < 4.78 is 41.8. The van der Waals surface area contributed by atoms with Gasteiger partial charge in [0.1, 0.15) is 5.75 Å². The minimum Gasteiger partial charge on any atom is -0.406 e. The molecule has 0 fully saturated rings. The van der Waals surface area contributed by atoms with E-state index in [9.17, 15) is 22.8 Å². The third-order valence-electron chi connectivity index (χ3n) is 5.38. The molecule has 3 aromatic rings. The van der Waals surface area contributed by atoms with Crippen molar-refractivity contribution in [2.24, 2.45) is 0 Å². The van der Waals surface area contributed by atoms with Crippen LogP contribution in [0, 0.1) is 0 Å². The number of ether oxygens (including phenoxy) is 1. The summed E-state index contributed by atoms with van der Waals surface area (Å²) in [5, 5.41) is 2.72. The summed E-state index contributed by atoms with van der Waals surface area (Å²) in [4.78, 5) is 25.2. The molecular weight excluding hydrogens is 407 g/mol. The summed E-state index contributed by atoms with van der Waals surface area (Å²) in [6, 6.07) is 19.6. The molecule has 3 aromatic carbocycles. The number of anilines is 1. The Balaban J connectivity index is 1.59. The molecule has 0 bridgehead atoms. The molecular formula is C24H18F3NO3. The first kappa shape index (κ1) is 20.7. The molecule has 0 radical (unpaired) electrons. The molecule has 1 heterocycles. The van der Waals surface area contributed by atoms with Crippen LogP contribution in [0.4, 0.5) is 18.9 Å². The van der Waals surface area contributed by atoms with Gasteiger partial charge in [0.15, 0.2) is 5.78 Å². The molecule has 0 aliphatic carbocycles. The van der Waals surface area contributed by atoms with Crippen LogP contribution in [0.25, 0.3) is 0 Å². The maximum Gasteiger partial charge on any atom is 0.573 e. The van der Waals surface area contributed by atoms with Crippen LogP contribution in [0.15, 0.2) is 72.8 Å². The van der Waals surface area contributed by atoms with Gasteiger partial charge in [-0.2, -0.15) is 0 Å². The zero-order valence-electron chi connectivity index (χ0n) is 16.5. The summed E-state index contributed by atoms with van der Waals surface area (Å²) in [6.07, 6.45) is -4.57. The molecule has 1 amide bonds. The second kappa shape index (κ2) is 7.58. The van der Waals surface area contributed by atoms with Crippen molar-refractivity contribution in [1.82, 2.24) is 0 Å². The number of hydrogen-bond acceptors (Lipinski definition) is 3. The van der Waals surface area contributed by atoms with Crippen LogP contribution >= 0.6 is 0 Å². The molecule has 7 heteroatoms. The van der Waals surface area contributed by atoms with Crippen molar-refractivity contribution in [1.29, 1.82) is 0 Å². The van der Waals surface area contributed by atoms with Crippen molar-refractivity contribution >= 4 is 17.4 Å². The maximum atomic E-state index is 12.7. The Morgan fingerprint density at radius 3 is 2.26 bits per heavy atom. The highest BCUT2D eigenvalue weighted by molar-refractivity contribution is 6.09. The van der Waals surface area contributed by atoms with E-state index in [1.807, 2.05) is 6.07 Å². The van der Waals surface area contributed by atoms with Gasteiger partial charge in [-0.25, -0.2) is 0 Å². The van der Waals surface area contributed by atoms with E-state index in [0.29, 0.717) is 22.4 Å². The van der Waals surface area contributed by atoms with Gasteiger partial charge in [-0.15, -0.1) is 13.2 Å². The van der Waals surface area contributed by atoms with Gasteiger partial charge in [0.25, 0.3) is 0 Å². The first-order valence-electron chi connectivity index (χ1n) is 9.56. The highest BCUT2D eigenvalue weighted by Gasteiger charge is 2.43. The second-order valence-electron chi connectivity index (χ2n) is 7.61. The highest BCUT2D eigenvalue weighted by atomic mass is 19.4. The molecule has 1 unspecified atom stereocenters. The largest absolute Gasteiger partial charge is 0.573 e. The minimum absolute atomic E-state index is 0.115. The van der Waals surface area contributed by atoms with Gasteiger partial charge in [0.2, 0.25) is 5.91 Å². The number of fused-ring (bicyclic) bond motifs is 1. The molecule has 0 spiro atoms. The number of carbonyl (C=O) groups excluding carboxylic acids is 2. The molecule has 1 aliphatic heterocycles. The summed E-state index contributed by atoms with van der Waals surface area (Å²) in [6.45, 7) is 1.68. The average Bonchev–Trinajstić information content (AvgIpc) is 2.97. The lowest BCUT2D eigenvalue weighted by Gasteiger charge is -2.23. The van der Waals surface area contributed by atoms with E-state index in [-0.39, 0.29) is 23.9 Å². The molecule has 4 rings (SSSR count). The molecule has 158 valence electrons. The number of hydrogen-bond donors (Lipinski definition) is 1. The number of amides is 1. The Morgan fingerprint density at radius 2 is 1.61 bits per heavy atom. The fraction of sp³-hybridized carbons (Fsp3) is 0.167. The van der Waals surface area contributed by atoms with Crippen molar-refractivity contribution in [2.45, 2.75) is 25.1 Å². The smallest absolute Gasteiger partial charge is 0.406 e. The van der Waals surface area contributed by atoms with Gasteiger partial charge in [-0.3, -0.25) is 9.59 Å². The van der Waals surface area contributed by atoms with E-state index in [1.165, 1.54) is 18.2 Å². The van der Waals surface area contributed by atoms with Crippen LogP contribution in [0.5, 0.6) is 5.75 Å². The van der Waals surface area contributed by atoms with Crippen molar-refractivity contribution in [3.05, 3.63) is 95.1 Å². The van der Waals surface area contributed by atoms with E-state index in [4.69, 9.17) is 0 Å². The van der Waals surface area contributed by atoms with Gasteiger partial charge in [-0.05, 0) is 42.7 Å². The Hall–Kier alpha value is -3.61. The Bertz CT molecular complexity index is 1140. The zero-order valence-corrected chi connectivity index (χ0v) is 16.5. The summed E-state index contributed by atoms with van der Waals surface area (Å²) in [7, 11) is 0. The van der Waals surface area contributed by atoms with Gasteiger partial charge >= 0.3 is 6.36 Å².